The second-order valence-electron chi connectivity index (χ2n) is 6.03. The van der Waals surface area contributed by atoms with E-state index >= 15 is 0 Å². The molecular formula is C16H17N3O6S. The molecule has 0 bridgehead atoms. The van der Waals surface area contributed by atoms with Crippen LogP contribution in [0, 0.1) is 10.1 Å². The van der Waals surface area contributed by atoms with E-state index in [9.17, 15) is 23.3 Å². The van der Waals surface area contributed by atoms with E-state index in [1.807, 2.05) is 0 Å². The molecule has 0 radical (unpaired) electrons. The molecule has 0 unspecified atom stereocenters. The molecule has 26 heavy (non-hydrogen) atoms. The van der Waals surface area contributed by atoms with Gasteiger partial charge in [0.05, 0.1) is 35.3 Å². The number of non-ortho nitro benzene ring substituents is 1. The van der Waals surface area contributed by atoms with Crippen molar-refractivity contribution >= 4 is 21.4 Å². The van der Waals surface area contributed by atoms with E-state index in [2.05, 4.69) is 10.6 Å². The van der Waals surface area contributed by atoms with E-state index in [1.54, 1.807) is 12.1 Å². The second kappa shape index (κ2) is 7.26. The number of carbonyl (C=O) groups is 1. The van der Waals surface area contributed by atoms with Crippen molar-refractivity contribution in [3.05, 3.63) is 64.1 Å². The van der Waals surface area contributed by atoms with Crippen molar-refractivity contribution in [2.75, 3.05) is 11.5 Å². The quantitative estimate of drug-likeness (QED) is 0.562. The molecule has 2 N–H and O–H groups in total. The Balaban J connectivity index is 1.67. The van der Waals surface area contributed by atoms with Crippen LogP contribution in [-0.2, 0) is 16.4 Å². The Labute approximate surface area is 149 Å². The molecule has 2 heterocycles. The summed E-state index contributed by atoms with van der Waals surface area (Å²) in [7, 11) is -3.28. The van der Waals surface area contributed by atoms with Gasteiger partial charge in [-0.2, -0.15) is 0 Å². The average molecular weight is 379 g/mol. The Morgan fingerprint density at radius 3 is 2.50 bits per heavy atom. The van der Waals surface area contributed by atoms with Gasteiger partial charge >= 0.3 is 0 Å². The zero-order valence-electron chi connectivity index (χ0n) is 13.6. The smallest absolute Gasteiger partial charge is 0.269 e. The van der Waals surface area contributed by atoms with E-state index in [0.29, 0.717) is 12.3 Å². The van der Waals surface area contributed by atoms with Crippen LogP contribution in [0.3, 0.4) is 0 Å². The number of benzene rings is 1. The van der Waals surface area contributed by atoms with Gasteiger partial charge in [0.25, 0.3) is 11.6 Å². The first-order valence-corrected chi connectivity index (χ1v) is 9.68. The number of hydrogen-bond acceptors (Lipinski definition) is 7. The lowest BCUT2D eigenvalue weighted by Crippen LogP contribution is -2.48. The number of nitro groups is 1. The summed E-state index contributed by atoms with van der Waals surface area (Å²) in [4.78, 5) is 22.5. The Hall–Kier alpha value is -2.72. The number of nitro benzene ring substituents is 1. The van der Waals surface area contributed by atoms with Crippen LogP contribution in [0.15, 0.2) is 47.1 Å². The molecule has 2 aromatic rings. The lowest BCUT2D eigenvalue weighted by atomic mass is 10.1. The largest absolute Gasteiger partial charge is 0.468 e. The van der Waals surface area contributed by atoms with Crippen LogP contribution in [-0.4, -0.2) is 42.8 Å². The first kappa shape index (κ1) is 18.1. The molecule has 1 aromatic heterocycles. The highest BCUT2D eigenvalue weighted by molar-refractivity contribution is 7.91. The number of carbonyl (C=O) groups excluding carboxylic acids is 1. The molecule has 2 atom stereocenters. The van der Waals surface area contributed by atoms with Crippen molar-refractivity contribution in [2.45, 2.75) is 18.6 Å². The van der Waals surface area contributed by atoms with Gasteiger partial charge in [0.2, 0.25) is 0 Å². The van der Waals surface area contributed by atoms with E-state index in [1.165, 1.54) is 30.5 Å². The van der Waals surface area contributed by atoms with Gasteiger partial charge in [-0.25, -0.2) is 8.42 Å². The van der Waals surface area contributed by atoms with Crippen LogP contribution >= 0.6 is 0 Å². The fourth-order valence-electron chi connectivity index (χ4n) is 2.82. The number of nitrogens with zero attached hydrogens (tertiary/aromatic N) is 1. The SMILES string of the molecule is O=C(N[C@H]1CS(=O)(=O)C[C@@H]1NCc1ccco1)c1ccc([N+](=O)[O-])cc1. The highest BCUT2D eigenvalue weighted by atomic mass is 32.2. The number of furan rings is 1. The fourth-order valence-corrected chi connectivity index (χ4v) is 4.72. The van der Waals surface area contributed by atoms with Gasteiger partial charge in [-0.1, -0.05) is 0 Å². The maximum absolute atomic E-state index is 12.3. The molecular weight excluding hydrogens is 362 g/mol. The monoisotopic (exact) mass is 379 g/mol. The molecule has 1 aliphatic rings. The van der Waals surface area contributed by atoms with E-state index in [4.69, 9.17) is 4.42 Å². The van der Waals surface area contributed by atoms with Gasteiger partial charge in [-0.15, -0.1) is 0 Å². The van der Waals surface area contributed by atoms with E-state index in [-0.39, 0.29) is 22.8 Å². The van der Waals surface area contributed by atoms with Crippen molar-refractivity contribution in [2.24, 2.45) is 0 Å². The first-order chi connectivity index (χ1) is 12.3. The fraction of sp³-hybridized carbons (Fsp3) is 0.312. The van der Waals surface area contributed by atoms with Crippen LogP contribution in [0.4, 0.5) is 5.69 Å². The van der Waals surface area contributed by atoms with Crippen molar-refractivity contribution in [1.82, 2.24) is 10.6 Å². The molecule has 9 nitrogen and oxygen atoms in total. The summed E-state index contributed by atoms with van der Waals surface area (Å²) in [5.74, 6) is -0.0676. The van der Waals surface area contributed by atoms with Gasteiger partial charge in [0.1, 0.15) is 5.76 Å². The number of rotatable bonds is 6. The number of amides is 1. The van der Waals surface area contributed by atoms with Crippen molar-refractivity contribution in [1.29, 1.82) is 0 Å². The molecule has 0 saturated carbocycles. The second-order valence-corrected chi connectivity index (χ2v) is 8.18. The third-order valence-corrected chi connectivity index (χ3v) is 5.86. The summed E-state index contributed by atoms with van der Waals surface area (Å²) in [6.07, 6.45) is 1.52. The van der Waals surface area contributed by atoms with Crippen LogP contribution in [0.1, 0.15) is 16.1 Å². The van der Waals surface area contributed by atoms with Crippen LogP contribution in [0.25, 0.3) is 0 Å². The average Bonchev–Trinajstić information content (AvgIpc) is 3.20. The normalized spacial score (nSPS) is 21.4. The van der Waals surface area contributed by atoms with Gasteiger partial charge in [-0.3, -0.25) is 14.9 Å². The van der Waals surface area contributed by atoms with E-state index in [0.717, 1.165) is 0 Å². The Morgan fingerprint density at radius 2 is 1.88 bits per heavy atom. The standard InChI is InChI=1S/C16H17N3O6S/c20-16(11-3-5-12(6-4-11)19(21)22)18-15-10-26(23,24)9-14(15)17-8-13-2-1-7-25-13/h1-7,14-15,17H,8-10H2,(H,18,20)/t14-,15-/m0/s1. The van der Waals surface area contributed by atoms with Gasteiger partial charge in [-0.05, 0) is 24.3 Å². The third kappa shape index (κ3) is 4.27. The maximum atomic E-state index is 12.3. The summed E-state index contributed by atoms with van der Waals surface area (Å²) < 4.78 is 29.1. The molecule has 1 fully saturated rings. The van der Waals surface area contributed by atoms with Crippen LogP contribution in [0.2, 0.25) is 0 Å². The van der Waals surface area contributed by atoms with Crippen molar-refractivity contribution in [3.63, 3.8) is 0 Å². The molecule has 1 amide bonds. The maximum Gasteiger partial charge on any atom is 0.269 e. The molecule has 0 spiro atoms. The zero-order chi connectivity index (χ0) is 18.7. The number of nitrogens with one attached hydrogen (secondary N) is 2. The van der Waals surface area contributed by atoms with Gasteiger partial charge in [0.15, 0.2) is 9.84 Å². The molecule has 1 aliphatic heterocycles. The summed E-state index contributed by atoms with van der Waals surface area (Å²) >= 11 is 0. The molecule has 1 aromatic carbocycles. The predicted octanol–water partition coefficient (Wildman–Crippen LogP) is 0.873. The van der Waals surface area contributed by atoms with Gasteiger partial charge in [0, 0.05) is 23.7 Å². The molecule has 3 rings (SSSR count). The molecule has 0 aliphatic carbocycles. The Morgan fingerprint density at radius 1 is 1.19 bits per heavy atom. The summed E-state index contributed by atoms with van der Waals surface area (Å²) in [6, 6.07) is 7.58. The van der Waals surface area contributed by atoms with Gasteiger partial charge < -0.3 is 15.1 Å². The van der Waals surface area contributed by atoms with Crippen molar-refractivity contribution in [3.8, 4) is 0 Å². The summed E-state index contributed by atoms with van der Waals surface area (Å²) in [5.41, 5.74) is 0.104. The molecule has 10 heteroatoms. The highest BCUT2D eigenvalue weighted by Crippen LogP contribution is 2.16. The highest BCUT2D eigenvalue weighted by Gasteiger charge is 2.38. The topological polar surface area (TPSA) is 132 Å². The third-order valence-electron chi connectivity index (χ3n) is 4.13. The predicted molar refractivity (Wildman–Crippen MR) is 92.3 cm³/mol. The zero-order valence-corrected chi connectivity index (χ0v) is 14.4. The van der Waals surface area contributed by atoms with Crippen LogP contribution < -0.4 is 10.6 Å². The summed E-state index contributed by atoms with van der Waals surface area (Å²) in [5, 5.41) is 16.5. The molecule has 138 valence electrons. The minimum atomic E-state index is -3.28. The number of sulfone groups is 1. The minimum absolute atomic E-state index is 0.0844. The molecule has 1 saturated heterocycles. The lowest BCUT2D eigenvalue weighted by Gasteiger charge is -2.20. The summed E-state index contributed by atoms with van der Waals surface area (Å²) in [6.45, 7) is 0.344. The van der Waals surface area contributed by atoms with Crippen molar-refractivity contribution < 1.29 is 22.6 Å². The Bertz CT molecular complexity index is 893. The van der Waals surface area contributed by atoms with E-state index < -0.39 is 32.8 Å². The number of hydrogen-bond donors (Lipinski definition) is 2. The lowest BCUT2D eigenvalue weighted by molar-refractivity contribution is -0.384. The Kier molecular flexibility index (Phi) is 5.05. The first-order valence-electron chi connectivity index (χ1n) is 7.85. The van der Waals surface area contributed by atoms with Crippen LogP contribution in [0.5, 0.6) is 0 Å². The minimum Gasteiger partial charge on any atom is -0.468 e.